The number of nitrogens with zero attached hydrogens (tertiary/aromatic N) is 3. The van der Waals surface area contributed by atoms with Gasteiger partial charge in [-0.3, -0.25) is 9.69 Å². The average Bonchev–Trinajstić information content (AvgIpc) is 3.27. The van der Waals surface area contributed by atoms with Gasteiger partial charge in [0.1, 0.15) is 0 Å². The summed E-state index contributed by atoms with van der Waals surface area (Å²) >= 11 is 0. The van der Waals surface area contributed by atoms with Crippen LogP contribution in [0.2, 0.25) is 0 Å². The molecule has 0 saturated carbocycles. The largest absolute Gasteiger partial charge is 0.349 e. The highest BCUT2D eigenvalue weighted by atomic mass is 16.5. The van der Waals surface area contributed by atoms with Gasteiger partial charge in [0.15, 0.2) is 0 Å². The van der Waals surface area contributed by atoms with Gasteiger partial charge in [0.25, 0.3) is 0 Å². The highest BCUT2D eigenvalue weighted by molar-refractivity contribution is 5.79. The van der Waals surface area contributed by atoms with Crippen LogP contribution in [0.25, 0.3) is 11.4 Å². The Balaban J connectivity index is 1.29. The van der Waals surface area contributed by atoms with Crippen molar-refractivity contribution in [3.8, 4) is 11.4 Å². The van der Waals surface area contributed by atoms with E-state index in [9.17, 15) is 4.79 Å². The van der Waals surface area contributed by atoms with Gasteiger partial charge in [-0.05, 0) is 50.4 Å². The van der Waals surface area contributed by atoms with E-state index in [1.165, 1.54) is 0 Å². The molecule has 4 rings (SSSR count). The van der Waals surface area contributed by atoms with Gasteiger partial charge in [0.05, 0.1) is 12.6 Å². The first-order chi connectivity index (χ1) is 15.1. The molecule has 2 aromatic carbocycles. The van der Waals surface area contributed by atoms with Crippen LogP contribution in [-0.4, -0.2) is 34.0 Å². The number of likely N-dealkylation sites (tertiary alicyclic amines) is 1. The number of piperidine rings is 1. The van der Waals surface area contributed by atoms with Gasteiger partial charge in [-0.2, -0.15) is 4.98 Å². The molecule has 2 heterocycles. The predicted octanol–water partition coefficient (Wildman–Crippen LogP) is 4.52. The average molecular weight is 419 g/mol. The number of hydrogen-bond donors (Lipinski definition) is 1. The van der Waals surface area contributed by atoms with E-state index in [-0.39, 0.29) is 17.9 Å². The van der Waals surface area contributed by atoms with Crippen molar-refractivity contribution in [1.29, 1.82) is 0 Å². The molecule has 6 heteroatoms. The lowest BCUT2D eigenvalue weighted by Crippen LogP contribution is -2.41. The SMILES string of the molecule is CCC(NC(=O)C1CCN(Cc2nc(-c3ccccc3C)no2)CC1)c1ccccc1. The Morgan fingerprint density at radius 1 is 1.13 bits per heavy atom. The summed E-state index contributed by atoms with van der Waals surface area (Å²) in [6.07, 6.45) is 2.57. The number of amides is 1. The normalized spacial score (nSPS) is 16.2. The molecular weight excluding hydrogens is 388 g/mol. The van der Waals surface area contributed by atoms with Gasteiger partial charge < -0.3 is 9.84 Å². The highest BCUT2D eigenvalue weighted by Crippen LogP contribution is 2.24. The summed E-state index contributed by atoms with van der Waals surface area (Å²) in [6.45, 7) is 6.47. The van der Waals surface area contributed by atoms with Crippen LogP contribution in [0.4, 0.5) is 0 Å². The number of rotatable bonds is 7. The molecule has 1 unspecified atom stereocenters. The number of carbonyl (C=O) groups excluding carboxylic acids is 1. The zero-order valence-electron chi connectivity index (χ0n) is 18.3. The molecule has 1 aromatic heterocycles. The van der Waals surface area contributed by atoms with Gasteiger partial charge in [-0.25, -0.2) is 0 Å². The summed E-state index contributed by atoms with van der Waals surface area (Å²) in [6, 6.07) is 18.3. The van der Waals surface area contributed by atoms with Crippen LogP contribution < -0.4 is 5.32 Å². The quantitative estimate of drug-likeness (QED) is 0.611. The minimum Gasteiger partial charge on any atom is -0.349 e. The van der Waals surface area contributed by atoms with Crippen LogP contribution in [-0.2, 0) is 11.3 Å². The molecule has 0 bridgehead atoms. The minimum absolute atomic E-state index is 0.0548. The molecule has 0 radical (unpaired) electrons. The van der Waals surface area contributed by atoms with Crippen LogP contribution in [0.3, 0.4) is 0 Å². The van der Waals surface area contributed by atoms with Gasteiger partial charge >= 0.3 is 0 Å². The first kappa shape index (κ1) is 21.2. The molecule has 31 heavy (non-hydrogen) atoms. The first-order valence-electron chi connectivity index (χ1n) is 11.1. The van der Waals surface area contributed by atoms with Gasteiger partial charge in [-0.15, -0.1) is 0 Å². The number of benzene rings is 2. The summed E-state index contributed by atoms with van der Waals surface area (Å²) in [5, 5.41) is 7.40. The zero-order valence-corrected chi connectivity index (χ0v) is 18.3. The van der Waals surface area contributed by atoms with Crippen LogP contribution in [0.1, 0.15) is 49.2 Å². The van der Waals surface area contributed by atoms with Crippen molar-refractivity contribution in [2.75, 3.05) is 13.1 Å². The Morgan fingerprint density at radius 3 is 2.55 bits per heavy atom. The third-order valence-electron chi connectivity index (χ3n) is 6.10. The van der Waals surface area contributed by atoms with Gasteiger partial charge in [0.2, 0.25) is 17.6 Å². The number of hydrogen-bond acceptors (Lipinski definition) is 5. The van der Waals surface area contributed by atoms with E-state index in [2.05, 4.69) is 39.4 Å². The van der Waals surface area contributed by atoms with E-state index < -0.39 is 0 Å². The summed E-state index contributed by atoms with van der Waals surface area (Å²) in [5.41, 5.74) is 3.29. The molecule has 1 aliphatic heterocycles. The molecule has 3 aromatic rings. The highest BCUT2D eigenvalue weighted by Gasteiger charge is 2.27. The number of aryl methyl sites for hydroxylation is 1. The van der Waals surface area contributed by atoms with Crippen LogP contribution in [0, 0.1) is 12.8 Å². The lowest BCUT2D eigenvalue weighted by atomic mass is 9.94. The molecule has 1 fully saturated rings. The van der Waals surface area contributed by atoms with E-state index >= 15 is 0 Å². The monoisotopic (exact) mass is 418 g/mol. The maximum atomic E-state index is 12.8. The van der Waals surface area contributed by atoms with E-state index in [1.54, 1.807) is 0 Å². The van der Waals surface area contributed by atoms with E-state index in [0.29, 0.717) is 18.3 Å². The molecule has 1 atom stereocenters. The molecule has 6 nitrogen and oxygen atoms in total. The third kappa shape index (κ3) is 5.20. The second-order valence-electron chi connectivity index (χ2n) is 8.26. The Bertz CT molecular complexity index is 994. The molecule has 1 saturated heterocycles. The van der Waals surface area contributed by atoms with Crippen LogP contribution in [0.15, 0.2) is 59.1 Å². The number of carbonyl (C=O) groups is 1. The second-order valence-corrected chi connectivity index (χ2v) is 8.26. The molecule has 0 aliphatic carbocycles. The third-order valence-corrected chi connectivity index (χ3v) is 6.10. The second kappa shape index (κ2) is 9.88. The fourth-order valence-corrected chi connectivity index (χ4v) is 4.19. The molecule has 1 N–H and O–H groups in total. The fraction of sp³-hybridized carbons (Fsp3) is 0.400. The predicted molar refractivity (Wildman–Crippen MR) is 120 cm³/mol. The van der Waals surface area contributed by atoms with Crippen molar-refractivity contribution in [2.24, 2.45) is 5.92 Å². The molecule has 162 valence electrons. The lowest BCUT2D eigenvalue weighted by molar-refractivity contribution is -0.127. The van der Waals surface area contributed by atoms with Crippen molar-refractivity contribution in [3.63, 3.8) is 0 Å². The smallest absolute Gasteiger partial charge is 0.241 e. The zero-order chi connectivity index (χ0) is 21.6. The maximum Gasteiger partial charge on any atom is 0.241 e. The summed E-state index contributed by atoms with van der Waals surface area (Å²) in [4.78, 5) is 19.7. The molecule has 1 amide bonds. The van der Waals surface area contributed by atoms with Crippen molar-refractivity contribution in [2.45, 2.75) is 45.7 Å². The van der Waals surface area contributed by atoms with E-state index in [1.807, 2.05) is 49.4 Å². The summed E-state index contributed by atoms with van der Waals surface area (Å²) in [7, 11) is 0. The van der Waals surface area contributed by atoms with Crippen molar-refractivity contribution >= 4 is 5.91 Å². The summed E-state index contributed by atoms with van der Waals surface area (Å²) < 4.78 is 5.49. The van der Waals surface area contributed by atoms with Crippen LogP contribution in [0.5, 0.6) is 0 Å². The van der Waals surface area contributed by atoms with E-state index in [0.717, 1.165) is 49.0 Å². The van der Waals surface area contributed by atoms with Crippen molar-refractivity contribution in [3.05, 3.63) is 71.6 Å². The summed E-state index contributed by atoms with van der Waals surface area (Å²) in [5.74, 6) is 1.47. The molecule has 1 aliphatic rings. The minimum atomic E-state index is 0.0548. The van der Waals surface area contributed by atoms with E-state index in [4.69, 9.17) is 4.52 Å². The first-order valence-corrected chi connectivity index (χ1v) is 11.1. The van der Waals surface area contributed by atoms with Gasteiger partial charge in [-0.1, -0.05) is 66.7 Å². The van der Waals surface area contributed by atoms with Crippen LogP contribution >= 0.6 is 0 Å². The Labute approximate surface area is 183 Å². The topological polar surface area (TPSA) is 71.3 Å². The Morgan fingerprint density at radius 2 is 1.84 bits per heavy atom. The van der Waals surface area contributed by atoms with Crippen molar-refractivity contribution in [1.82, 2.24) is 20.4 Å². The Kier molecular flexibility index (Phi) is 6.77. The number of aromatic nitrogens is 2. The Hall–Kier alpha value is -2.99. The lowest BCUT2D eigenvalue weighted by Gasteiger charge is -2.31. The molecule has 0 spiro atoms. The standard InChI is InChI=1S/C25H30N4O2/c1-3-22(19-10-5-4-6-11-19)26-25(30)20-13-15-29(16-14-20)17-23-27-24(28-31-23)21-12-8-7-9-18(21)2/h4-12,20,22H,3,13-17H2,1-2H3,(H,26,30). The fourth-order valence-electron chi connectivity index (χ4n) is 4.19. The number of nitrogens with one attached hydrogen (secondary N) is 1. The maximum absolute atomic E-state index is 12.8. The molecular formula is C25H30N4O2. The van der Waals surface area contributed by atoms with Gasteiger partial charge in [0, 0.05) is 11.5 Å². The van der Waals surface area contributed by atoms with Crippen molar-refractivity contribution < 1.29 is 9.32 Å².